The Morgan fingerprint density at radius 3 is 3.06 bits per heavy atom. The van der Waals surface area contributed by atoms with Crippen molar-refractivity contribution in [2.75, 3.05) is 25.1 Å². The molecule has 0 atom stereocenters. The van der Waals surface area contributed by atoms with E-state index in [0.29, 0.717) is 5.92 Å². The van der Waals surface area contributed by atoms with E-state index in [2.05, 4.69) is 36.3 Å². The molecule has 0 radical (unpaired) electrons. The highest BCUT2D eigenvalue weighted by molar-refractivity contribution is 5.40. The van der Waals surface area contributed by atoms with Crippen molar-refractivity contribution in [1.29, 1.82) is 0 Å². The molecule has 1 aliphatic carbocycles. The molecule has 3 heteroatoms. The number of rotatable bonds is 6. The zero-order valence-corrected chi connectivity index (χ0v) is 10.8. The molecule has 1 N–H and O–H groups in total. The van der Waals surface area contributed by atoms with Crippen molar-refractivity contribution < 1.29 is 4.74 Å². The first-order valence-electron chi connectivity index (χ1n) is 6.56. The molecule has 0 bridgehead atoms. The van der Waals surface area contributed by atoms with Gasteiger partial charge < -0.3 is 10.1 Å². The van der Waals surface area contributed by atoms with Gasteiger partial charge in [0.25, 0.3) is 0 Å². The summed E-state index contributed by atoms with van der Waals surface area (Å²) in [5.74, 6) is 1.59. The molecule has 0 unspecified atom stereocenters. The average molecular weight is 234 g/mol. The fourth-order valence-electron chi connectivity index (χ4n) is 2.09. The number of pyridine rings is 1. The normalized spacial score (nSPS) is 14.1. The van der Waals surface area contributed by atoms with Gasteiger partial charge in [0.05, 0.1) is 6.61 Å². The average Bonchev–Trinajstić information content (AvgIpc) is 2.75. The summed E-state index contributed by atoms with van der Waals surface area (Å²) >= 11 is 0. The molecule has 0 saturated carbocycles. The first-order chi connectivity index (χ1) is 8.25. The number of nitrogens with one attached hydrogen (secondary N) is 1. The topological polar surface area (TPSA) is 34.1 Å². The maximum absolute atomic E-state index is 5.52. The largest absolute Gasteiger partial charge is 0.379 e. The molecule has 1 aliphatic rings. The van der Waals surface area contributed by atoms with Crippen molar-refractivity contribution in [3.63, 3.8) is 0 Å². The molecule has 0 saturated heterocycles. The van der Waals surface area contributed by atoms with Crippen molar-refractivity contribution in [3.8, 4) is 0 Å². The smallest absolute Gasteiger partial charge is 0.126 e. The van der Waals surface area contributed by atoms with Gasteiger partial charge in [-0.05, 0) is 36.8 Å². The van der Waals surface area contributed by atoms with Gasteiger partial charge >= 0.3 is 0 Å². The van der Waals surface area contributed by atoms with E-state index in [4.69, 9.17) is 4.74 Å². The van der Waals surface area contributed by atoms with Gasteiger partial charge in [-0.3, -0.25) is 0 Å². The van der Waals surface area contributed by atoms with Gasteiger partial charge in [-0.2, -0.15) is 0 Å². The minimum Gasteiger partial charge on any atom is -0.379 e. The van der Waals surface area contributed by atoms with E-state index in [1.165, 1.54) is 24.1 Å². The number of aromatic nitrogens is 1. The molecule has 0 aromatic carbocycles. The summed E-state index contributed by atoms with van der Waals surface area (Å²) in [6.45, 7) is 6.74. The van der Waals surface area contributed by atoms with E-state index in [-0.39, 0.29) is 0 Å². The van der Waals surface area contributed by atoms with Gasteiger partial charge in [0.2, 0.25) is 0 Å². The summed E-state index contributed by atoms with van der Waals surface area (Å²) in [5.41, 5.74) is 2.70. The van der Waals surface area contributed by atoms with E-state index < -0.39 is 0 Å². The Hall–Kier alpha value is -1.09. The SMILES string of the molecule is CC(C)COCCNc1ccc2c(n1)CCC2. The molecule has 94 valence electrons. The van der Waals surface area contributed by atoms with Gasteiger partial charge in [-0.1, -0.05) is 19.9 Å². The van der Waals surface area contributed by atoms with Crippen LogP contribution < -0.4 is 5.32 Å². The van der Waals surface area contributed by atoms with Crippen LogP contribution >= 0.6 is 0 Å². The first-order valence-corrected chi connectivity index (χ1v) is 6.56. The van der Waals surface area contributed by atoms with Crippen LogP contribution in [0.2, 0.25) is 0 Å². The molecular formula is C14H22N2O. The van der Waals surface area contributed by atoms with Crippen LogP contribution in [-0.4, -0.2) is 24.7 Å². The van der Waals surface area contributed by atoms with Gasteiger partial charge in [0.1, 0.15) is 5.82 Å². The number of fused-ring (bicyclic) bond motifs is 1. The second-order valence-corrected chi connectivity index (χ2v) is 5.05. The van der Waals surface area contributed by atoms with E-state index >= 15 is 0 Å². The summed E-state index contributed by atoms with van der Waals surface area (Å²) in [6, 6.07) is 4.28. The summed E-state index contributed by atoms with van der Waals surface area (Å²) in [4.78, 5) is 4.62. The van der Waals surface area contributed by atoms with Crippen LogP contribution in [0, 0.1) is 5.92 Å². The molecule has 1 aromatic rings. The van der Waals surface area contributed by atoms with E-state index in [1.807, 2.05) is 0 Å². The molecule has 0 spiro atoms. The van der Waals surface area contributed by atoms with E-state index in [1.54, 1.807) is 0 Å². The van der Waals surface area contributed by atoms with E-state index in [9.17, 15) is 0 Å². The Labute approximate surface area is 104 Å². The van der Waals surface area contributed by atoms with Crippen LogP contribution in [-0.2, 0) is 17.6 Å². The molecule has 3 nitrogen and oxygen atoms in total. The predicted octanol–water partition coefficient (Wildman–Crippen LogP) is 2.65. The Morgan fingerprint density at radius 1 is 1.35 bits per heavy atom. The number of hydrogen-bond donors (Lipinski definition) is 1. The van der Waals surface area contributed by atoms with Crippen molar-refractivity contribution in [1.82, 2.24) is 4.98 Å². The van der Waals surface area contributed by atoms with Crippen LogP contribution in [0.4, 0.5) is 5.82 Å². The molecule has 2 rings (SSSR count). The molecule has 0 amide bonds. The predicted molar refractivity (Wildman–Crippen MR) is 70.4 cm³/mol. The highest BCUT2D eigenvalue weighted by Crippen LogP contribution is 2.21. The van der Waals surface area contributed by atoms with Crippen LogP contribution in [0.1, 0.15) is 31.5 Å². The highest BCUT2D eigenvalue weighted by atomic mass is 16.5. The lowest BCUT2D eigenvalue weighted by Gasteiger charge is -2.09. The third kappa shape index (κ3) is 3.70. The van der Waals surface area contributed by atoms with Gasteiger partial charge in [-0.25, -0.2) is 4.98 Å². The lowest BCUT2D eigenvalue weighted by atomic mass is 10.2. The third-order valence-corrected chi connectivity index (χ3v) is 2.93. The second-order valence-electron chi connectivity index (χ2n) is 5.05. The number of anilines is 1. The summed E-state index contributed by atoms with van der Waals surface area (Å²) in [7, 11) is 0. The molecule has 1 heterocycles. The van der Waals surface area contributed by atoms with Crippen LogP contribution in [0.15, 0.2) is 12.1 Å². The number of nitrogens with zero attached hydrogens (tertiary/aromatic N) is 1. The summed E-state index contributed by atoms with van der Waals surface area (Å²) in [5, 5.41) is 3.31. The molecular weight excluding hydrogens is 212 g/mol. The monoisotopic (exact) mass is 234 g/mol. The van der Waals surface area contributed by atoms with Crippen LogP contribution in [0.5, 0.6) is 0 Å². The Kier molecular flexibility index (Phi) is 4.37. The summed E-state index contributed by atoms with van der Waals surface area (Å²) < 4.78 is 5.52. The fraction of sp³-hybridized carbons (Fsp3) is 0.643. The standard InChI is InChI=1S/C14H22N2O/c1-11(2)10-17-9-8-15-14-7-6-12-4-3-5-13(12)16-14/h6-7,11H,3-5,8-10H2,1-2H3,(H,15,16). The number of ether oxygens (including phenoxy) is 1. The number of aryl methyl sites for hydroxylation is 2. The molecule has 0 fully saturated rings. The minimum absolute atomic E-state index is 0.605. The zero-order chi connectivity index (χ0) is 12.1. The Balaban J connectivity index is 1.72. The van der Waals surface area contributed by atoms with Crippen molar-refractivity contribution in [3.05, 3.63) is 23.4 Å². The molecule has 1 aromatic heterocycles. The lowest BCUT2D eigenvalue weighted by molar-refractivity contribution is 0.118. The second kappa shape index (κ2) is 6.01. The highest BCUT2D eigenvalue weighted by Gasteiger charge is 2.11. The number of hydrogen-bond acceptors (Lipinski definition) is 3. The Morgan fingerprint density at radius 2 is 2.24 bits per heavy atom. The van der Waals surface area contributed by atoms with Crippen LogP contribution in [0.25, 0.3) is 0 Å². The maximum Gasteiger partial charge on any atom is 0.126 e. The molecule has 0 aliphatic heterocycles. The van der Waals surface area contributed by atoms with Gasteiger partial charge in [-0.15, -0.1) is 0 Å². The first kappa shape index (κ1) is 12.4. The quantitative estimate of drug-likeness (QED) is 0.768. The molecule has 17 heavy (non-hydrogen) atoms. The minimum atomic E-state index is 0.605. The third-order valence-electron chi connectivity index (χ3n) is 2.93. The summed E-state index contributed by atoms with van der Waals surface area (Å²) in [6.07, 6.45) is 3.58. The van der Waals surface area contributed by atoms with Crippen molar-refractivity contribution >= 4 is 5.82 Å². The van der Waals surface area contributed by atoms with Crippen LogP contribution in [0.3, 0.4) is 0 Å². The van der Waals surface area contributed by atoms with Crippen molar-refractivity contribution in [2.45, 2.75) is 33.1 Å². The van der Waals surface area contributed by atoms with Gasteiger partial charge in [0.15, 0.2) is 0 Å². The van der Waals surface area contributed by atoms with Crippen molar-refractivity contribution in [2.24, 2.45) is 5.92 Å². The van der Waals surface area contributed by atoms with E-state index in [0.717, 1.165) is 32.0 Å². The van der Waals surface area contributed by atoms with Gasteiger partial charge in [0, 0.05) is 18.8 Å². The zero-order valence-electron chi connectivity index (χ0n) is 10.8. The fourth-order valence-corrected chi connectivity index (χ4v) is 2.09. The maximum atomic E-state index is 5.52. The lowest BCUT2D eigenvalue weighted by Crippen LogP contribution is -2.13. The Bertz CT molecular complexity index is 363.